The largest absolute Gasteiger partial charge is 0.354 e. The van der Waals surface area contributed by atoms with E-state index in [-0.39, 0.29) is 28.5 Å². The molecule has 0 aromatic carbocycles. The molecular formula is C13H14N4O3S. The van der Waals surface area contributed by atoms with Gasteiger partial charge in [0.05, 0.1) is 12.0 Å². The molecule has 8 heteroatoms. The third-order valence-corrected chi connectivity index (χ3v) is 5.92. The minimum atomic E-state index is -3.70. The number of sulfonamides is 1. The fraction of sp³-hybridized carbons (Fsp3) is 0.462. The average Bonchev–Trinajstić information content (AvgIpc) is 2.89. The summed E-state index contributed by atoms with van der Waals surface area (Å²) < 4.78 is 26.8. The molecule has 1 aromatic rings. The van der Waals surface area contributed by atoms with Crippen molar-refractivity contribution in [1.29, 1.82) is 5.26 Å². The molecule has 1 amide bonds. The van der Waals surface area contributed by atoms with E-state index in [4.69, 9.17) is 5.26 Å². The van der Waals surface area contributed by atoms with Crippen molar-refractivity contribution in [2.45, 2.75) is 23.8 Å². The Labute approximate surface area is 122 Å². The highest BCUT2D eigenvalue weighted by molar-refractivity contribution is 7.89. The van der Waals surface area contributed by atoms with E-state index in [0.717, 1.165) is 0 Å². The Morgan fingerprint density at radius 2 is 2.24 bits per heavy atom. The van der Waals surface area contributed by atoms with Gasteiger partial charge in [0.15, 0.2) is 0 Å². The predicted octanol–water partition coefficient (Wildman–Crippen LogP) is -0.148. The normalized spacial score (nSPS) is 26.0. The number of nitriles is 1. The molecule has 2 unspecified atom stereocenters. The van der Waals surface area contributed by atoms with Crippen LogP contribution in [-0.4, -0.2) is 42.7 Å². The number of aromatic nitrogens is 1. The zero-order chi connectivity index (χ0) is 15.0. The van der Waals surface area contributed by atoms with Crippen LogP contribution in [0.25, 0.3) is 0 Å². The molecule has 2 aliphatic heterocycles. The lowest BCUT2D eigenvalue weighted by atomic mass is 9.93. The van der Waals surface area contributed by atoms with Crippen LogP contribution in [0.2, 0.25) is 0 Å². The Bertz CT molecular complexity index is 708. The molecule has 110 valence electrons. The molecule has 21 heavy (non-hydrogen) atoms. The molecule has 0 spiro atoms. The van der Waals surface area contributed by atoms with Crippen LogP contribution in [0.15, 0.2) is 23.2 Å². The van der Waals surface area contributed by atoms with E-state index in [0.29, 0.717) is 25.9 Å². The maximum absolute atomic E-state index is 12.7. The van der Waals surface area contributed by atoms with Crippen molar-refractivity contribution in [2.75, 3.05) is 13.1 Å². The van der Waals surface area contributed by atoms with Gasteiger partial charge in [-0.2, -0.15) is 9.57 Å². The highest BCUT2D eigenvalue weighted by Gasteiger charge is 2.45. The number of amides is 1. The van der Waals surface area contributed by atoms with E-state index in [2.05, 4.69) is 10.3 Å². The molecule has 0 saturated carbocycles. The summed E-state index contributed by atoms with van der Waals surface area (Å²) in [5.41, 5.74) is 0.170. The standard InChI is InChI=1S/C13H14N4O3S/c14-6-9-3-4-10(7-15-9)21(19,20)17-5-1-2-11-12(17)8-16-13(11)18/h3-4,7,11-12H,1-2,5,8H2,(H,16,18). The molecule has 0 radical (unpaired) electrons. The van der Waals surface area contributed by atoms with E-state index in [9.17, 15) is 13.2 Å². The zero-order valence-corrected chi connectivity index (χ0v) is 12.0. The second-order valence-electron chi connectivity index (χ2n) is 5.17. The molecule has 1 N–H and O–H groups in total. The molecule has 0 aliphatic carbocycles. The van der Waals surface area contributed by atoms with E-state index in [1.54, 1.807) is 0 Å². The van der Waals surface area contributed by atoms with Gasteiger partial charge in [0.1, 0.15) is 16.7 Å². The summed E-state index contributed by atoms with van der Waals surface area (Å²) in [4.78, 5) is 15.6. The SMILES string of the molecule is N#Cc1ccc(S(=O)(=O)N2CCCC3C(=O)NCC32)cn1. The summed E-state index contributed by atoms with van der Waals surface area (Å²) in [5, 5.41) is 11.4. The van der Waals surface area contributed by atoms with Crippen LogP contribution in [0.3, 0.4) is 0 Å². The quantitative estimate of drug-likeness (QED) is 0.818. The number of hydrogen-bond donors (Lipinski definition) is 1. The monoisotopic (exact) mass is 306 g/mol. The van der Waals surface area contributed by atoms with Gasteiger partial charge in [-0.1, -0.05) is 0 Å². The lowest BCUT2D eigenvalue weighted by Gasteiger charge is -2.34. The van der Waals surface area contributed by atoms with Crippen molar-refractivity contribution in [3.8, 4) is 6.07 Å². The zero-order valence-electron chi connectivity index (χ0n) is 11.2. The first kappa shape index (κ1) is 14.0. The van der Waals surface area contributed by atoms with Crippen LogP contribution in [0.4, 0.5) is 0 Å². The number of carbonyl (C=O) groups is 1. The van der Waals surface area contributed by atoms with Crippen LogP contribution in [0, 0.1) is 17.2 Å². The third-order valence-electron chi connectivity index (χ3n) is 4.01. The molecule has 7 nitrogen and oxygen atoms in total. The fourth-order valence-corrected chi connectivity index (χ4v) is 4.59. The van der Waals surface area contributed by atoms with Crippen molar-refractivity contribution >= 4 is 15.9 Å². The molecule has 3 heterocycles. The van der Waals surface area contributed by atoms with Gasteiger partial charge in [0.25, 0.3) is 0 Å². The first-order valence-corrected chi connectivity index (χ1v) is 8.14. The van der Waals surface area contributed by atoms with Crippen LogP contribution >= 0.6 is 0 Å². The average molecular weight is 306 g/mol. The molecule has 0 bridgehead atoms. The van der Waals surface area contributed by atoms with Gasteiger partial charge in [0.2, 0.25) is 15.9 Å². The van der Waals surface area contributed by atoms with Crippen molar-refractivity contribution < 1.29 is 13.2 Å². The van der Waals surface area contributed by atoms with Gasteiger partial charge in [-0.15, -0.1) is 0 Å². The summed E-state index contributed by atoms with van der Waals surface area (Å²) in [6.07, 6.45) is 2.58. The van der Waals surface area contributed by atoms with Crippen molar-refractivity contribution in [3.05, 3.63) is 24.0 Å². The highest BCUT2D eigenvalue weighted by atomic mass is 32.2. The van der Waals surface area contributed by atoms with Gasteiger partial charge >= 0.3 is 0 Å². The fourth-order valence-electron chi connectivity index (χ4n) is 2.94. The Morgan fingerprint density at radius 1 is 1.43 bits per heavy atom. The first-order chi connectivity index (χ1) is 10.0. The summed E-state index contributed by atoms with van der Waals surface area (Å²) >= 11 is 0. The molecule has 2 fully saturated rings. The molecular weight excluding hydrogens is 292 g/mol. The van der Waals surface area contributed by atoms with Gasteiger partial charge in [-0.05, 0) is 25.0 Å². The van der Waals surface area contributed by atoms with Gasteiger partial charge < -0.3 is 5.32 Å². The van der Waals surface area contributed by atoms with Crippen LogP contribution < -0.4 is 5.32 Å². The van der Waals surface area contributed by atoms with Crippen molar-refractivity contribution in [3.63, 3.8) is 0 Å². The minimum absolute atomic E-state index is 0.0569. The smallest absolute Gasteiger partial charge is 0.244 e. The lowest BCUT2D eigenvalue weighted by Crippen LogP contribution is -2.48. The Hall–Kier alpha value is -1.98. The topological polar surface area (TPSA) is 103 Å². The van der Waals surface area contributed by atoms with Crippen LogP contribution in [0.1, 0.15) is 18.5 Å². The second kappa shape index (κ2) is 5.09. The lowest BCUT2D eigenvalue weighted by molar-refractivity contribution is -0.123. The van der Waals surface area contributed by atoms with Crippen molar-refractivity contribution in [2.24, 2.45) is 5.92 Å². The highest BCUT2D eigenvalue weighted by Crippen LogP contribution is 2.31. The first-order valence-electron chi connectivity index (χ1n) is 6.70. The van der Waals surface area contributed by atoms with Gasteiger partial charge in [-0.25, -0.2) is 13.4 Å². The van der Waals surface area contributed by atoms with E-state index in [1.807, 2.05) is 6.07 Å². The van der Waals surface area contributed by atoms with Crippen molar-refractivity contribution in [1.82, 2.24) is 14.6 Å². The summed E-state index contributed by atoms with van der Waals surface area (Å²) in [7, 11) is -3.70. The Balaban J connectivity index is 1.93. The number of carbonyl (C=O) groups excluding carboxylic acids is 1. The van der Waals surface area contributed by atoms with Gasteiger partial charge in [0, 0.05) is 19.3 Å². The van der Waals surface area contributed by atoms with Gasteiger partial charge in [-0.3, -0.25) is 4.79 Å². The number of rotatable bonds is 2. The number of pyridine rings is 1. The molecule has 2 aliphatic rings. The third kappa shape index (κ3) is 2.28. The van der Waals surface area contributed by atoms with Crippen LogP contribution in [0.5, 0.6) is 0 Å². The minimum Gasteiger partial charge on any atom is -0.354 e. The summed E-state index contributed by atoms with van der Waals surface area (Å²) in [6, 6.07) is 4.29. The number of nitrogens with one attached hydrogen (secondary N) is 1. The number of nitrogens with zero attached hydrogens (tertiary/aromatic N) is 3. The van der Waals surface area contributed by atoms with E-state index in [1.165, 1.54) is 22.6 Å². The maximum atomic E-state index is 12.7. The van der Waals surface area contributed by atoms with Crippen LogP contribution in [-0.2, 0) is 14.8 Å². The second-order valence-corrected chi connectivity index (χ2v) is 7.06. The Morgan fingerprint density at radius 3 is 2.90 bits per heavy atom. The summed E-state index contributed by atoms with van der Waals surface area (Å²) in [5.74, 6) is -0.335. The molecule has 2 saturated heterocycles. The van der Waals surface area contributed by atoms with E-state index < -0.39 is 10.0 Å². The number of hydrogen-bond acceptors (Lipinski definition) is 5. The molecule has 1 aromatic heterocycles. The predicted molar refractivity (Wildman–Crippen MR) is 72.4 cm³/mol. The van der Waals surface area contributed by atoms with E-state index >= 15 is 0 Å². The summed E-state index contributed by atoms with van der Waals surface area (Å²) in [6.45, 7) is 0.755. The number of piperidine rings is 1. The molecule has 2 atom stereocenters. The Kier molecular flexibility index (Phi) is 3.39. The maximum Gasteiger partial charge on any atom is 0.244 e. The molecule has 3 rings (SSSR count). The number of fused-ring (bicyclic) bond motifs is 1.